The summed E-state index contributed by atoms with van der Waals surface area (Å²) in [6.07, 6.45) is 1.68. The predicted octanol–water partition coefficient (Wildman–Crippen LogP) is 3.07. The Balaban J connectivity index is 2.86. The molecule has 96 valence electrons. The molecule has 3 heteroatoms. The highest BCUT2D eigenvalue weighted by Gasteiger charge is 2.10. The highest BCUT2D eigenvalue weighted by Crippen LogP contribution is 2.29. The van der Waals surface area contributed by atoms with Crippen molar-refractivity contribution in [2.75, 3.05) is 18.0 Å². The molecule has 2 N–H and O–H groups in total. The first-order valence-electron chi connectivity index (χ1n) is 6.36. The smallest absolute Gasteiger partial charge is 0.123 e. The van der Waals surface area contributed by atoms with E-state index < -0.39 is 6.10 Å². The number of anilines is 1. The van der Waals surface area contributed by atoms with Gasteiger partial charge in [0.05, 0.1) is 6.10 Å². The summed E-state index contributed by atoms with van der Waals surface area (Å²) in [4.78, 5) is 2.23. The molecule has 0 heterocycles. The topological polar surface area (TPSA) is 43.7 Å². The number of nitrogens with zero attached hydrogens (tertiary/aromatic N) is 1. The number of phenolic OH excluding ortho intramolecular Hbond substituents is 1. The largest absolute Gasteiger partial charge is 0.507 e. The fourth-order valence-corrected chi connectivity index (χ4v) is 1.90. The summed E-state index contributed by atoms with van der Waals surface area (Å²) in [5, 5.41) is 19.3. The maximum absolute atomic E-state index is 9.84. The molecule has 0 amide bonds. The summed E-state index contributed by atoms with van der Waals surface area (Å²) in [6, 6.07) is 5.49. The maximum atomic E-state index is 9.84. The van der Waals surface area contributed by atoms with Gasteiger partial charge >= 0.3 is 0 Å². The summed E-state index contributed by atoms with van der Waals surface area (Å²) in [5.41, 5.74) is 1.60. The quantitative estimate of drug-likeness (QED) is 0.799. The Labute approximate surface area is 104 Å². The molecule has 0 bridgehead atoms. The second kappa shape index (κ2) is 6.50. The number of aliphatic hydroxyl groups is 1. The molecular formula is C14H23NO2. The highest BCUT2D eigenvalue weighted by atomic mass is 16.3. The summed E-state index contributed by atoms with van der Waals surface area (Å²) in [6.45, 7) is 7.86. The Kier molecular flexibility index (Phi) is 5.29. The summed E-state index contributed by atoms with van der Waals surface area (Å²) in [5.74, 6) is 0.174. The van der Waals surface area contributed by atoms with E-state index in [9.17, 15) is 10.2 Å². The van der Waals surface area contributed by atoms with Crippen LogP contribution in [0.1, 0.15) is 45.3 Å². The molecule has 0 aromatic heterocycles. The van der Waals surface area contributed by atoms with Crippen LogP contribution in [-0.4, -0.2) is 23.3 Å². The summed E-state index contributed by atoms with van der Waals surface area (Å²) >= 11 is 0. The molecule has 0 spiro atoms. The van der Waals surface area contributed by atoms with Crippen LogP contribution in [-0.2, 0) is 0 Å². The van der Waals surface area contributed by atoms with Gasteiger partial charge in [0.2, 0.25) is 0 Å². The van der Waals surface area contributed by atoms with E-state index in [1.807, 2.05) is 6.07 Å². The third-order valence-electron chi connectivity index (χ3n) is 2.99. The molecule has 0 aliphatic rings. The van der Waals surface area contributed by atoms with Crippen LogP contribution in [0.3, 0.4) is 0 Å². The van der Waals surface area contributed by atoms with Gasteiger partial charge in [0.15, 0.2) is 0 Å². The molecule has 0 radical (unpaired) electrons. The number of aliphatic hydroxyl groups excluding tert-OH is 1. The number of hydrogen-bond acceptors (Lipinski definition) is 3. The lowest BCUT2D eigenvalue weighted by Gasteiger charge is -2.23. The van der Waals surface area contributed by atoms with Gasteiger partial charge < -0.3 is 15.1 Å². The third kappa shape index (κ3) is 3.63. The van der Waals surface area contributed by atoms with Gasteiger partial charge in [-0.15, -0.1) is 0 Å². The van der Waals surface area contributed by atoms with Crippen molar-refractivity contribution in [3.05, 3.63) is 23.8 Å². The second-order valence-corrected chi connectivity index (χ2v) is 4.35. The maximum Gasteiger partial charge on any atom is 0.123 e. The first kappa shape index (κ1) is 13.8. The molecule has 0 saturated carbocycles. The molecule has 1 unspecified atom stereocenters. The molecule has 1 aromatic carbocycles. The molecule has 17 heavy (non-hydrogen) atoms. The van der Waals surface area contributed by atoms with Gasteiger partial charge in [0.1, 0.15) is 5.75 Å². The van der Waals surface area contributed by atoms with Gasteiger partial charge in [-0.3, -0.25) is 0 Å². The molecule has 3 nitrogen and oxygen atoms in total. The van der Waals surface area contributed by atoms with Gasteiger partial charge in [0, 0.05) is 30.4 Å². The van der Waals surface area contributed by atoms with E-state index in [0.717, 1.165) is 31.6 Å². The second-order valence-electron chi connectivity index (χ2n) is 4.35. The molecule has 0 aliphatic heterocycles. The van der Waals surface area contributed by atoms with Gasteiger partial charge in [-0.05, 0) is 26.3 Å². The number of aromatic hydroxyl groups is 1. The number of benzene rings is 1. The zero-order chi connectivity index (χ0) is 12.8. The van der Waals surface area contributed by atoms with Crippen LogP contribution in [0.2, 0.25) is 0 Å². The van der Waals surface area contributed by atoms with Crippen LogP contribution in [0, 0.1) is 0 Å². The van der Waals surface area contributed by atoms with E-state index in [4.69, 9.17) is 0 Å². The van der Waals surface area contributed by atoms with Crippen molar-refractivity contribution in [3.8, 4) is 5.75 Å². The van der Waals surface area contributed by atoms with E-state index in [2.05, 4.69) is 18.7 Å². The van der Waals surface area contributed by atoms with Gasteiger partial charge in [-0.2, -0.15) is 0 Å². The molecule has 1 aromatic rings. The van der Waals surface area contributed by atoms with Crippen LogP contribution in [0.5, 0.6) is 5.75 Å². The molecule has 0 saturated heterocycles. The van der Waals surface area contributed by atoms with Crippen molar-refractivity contribution < 1.29 is 10.2 Å². The fraction of sp³-hybridized carbons (Fsp3) is 0.571. The van der Waals surface area contributed by atoms with Crippen molar-refractivity contribution in [1.82, 2.24) is 0 Å². The Morgan fingerprint density at radius 2 is 2.00 bits per heavy atom. The van der Waals surface area contributed by atoms with Crippen molar-refractivity contribution in [2.45, 2.75) is 39.7 Å². The minimum atomic E-state index is -0.630. The number of rotatable bonds is 6. The first-order chi connectivity index (χ1) is 8.10. The van der Waals surface area contributed by atoms with E-state index in [0.29, 0.717) is 5.56 Å². The molecule has 1 atom stereocenters. The van der Waals surface area contributed by atoms with Crippen LogP contribution < -0.4 is 4.90 Å². The van der Waals surface area contributed by atoms with Crippen LogP contribution in [0.4, 0.5) is 5.69 Å². The normalized spacial score (nSPS) is 12.5. The number of unbranched alkanes of at least 4 members (excludes halogenated alkanes) is 1. The van der Waals surface area contributed by atoms with E-state index >= 15 is 0 Å². The van der Waals surface area contributed by atoms with Crippen molar-refractivity contribution in [3.63, 3.8) is 0 Å². The molecule has 0 fully saturated rings. The Morgan fingerprint density at radius 3 is 2.47 bits per heavy atom. The lowest BCUT2D eigenvalue weighted by atomic mass is 10.1. The lowest BCUT2D eigenvalue weighted by Crippen LogP contribution is -2.23. The predicted molar refractivity (Wildman–Crippen MR) is 71.5 cm³/mol. The monoisotopic (exact) mass is 237 g/mol. The molecule has 0 aliphatic carbocycles. The Bertz CT molecular complexity index is 350. The van der Waals surface area contributed by atoms with E-state index in [1.54, 1.807) is 19.1 Å². The van der Waals surface area contributed by atoms with Gasteiger partial charge in [-0.1, -0.05) is 19.4 Å². The Morgan fingerprint density at radius 1 is 1.29 bits per heavy atom. The third-order valence-corrected chi connectivity index (χ3v) is 2.99. The Hall–Kier alpha value is -1.22. The van der Waals surface area contributed by atoms with Gasteiger partial charge in [0.25, 0.3) is 0 Å². The first-order valence-corrected chi connectivity index (χ1v) is 6.36. The van der Waals surface area contributed by atoms with E-state index in [-0.39, 0.29) is 5.75 Å². The minimum Gasteiger partial charge on any atom is -0.507 e. The van der Waals surface area contributed by atoms with Crippen LogP contribution in [0.25, 0.3) is 0 Å². The minimum absolute atomic E-state index is 0.174. The fourth-order valence-electron chi connectivity index (χ4n) is 1.90. The average Bonchev–Trinajstić information content (AvgIpc) is 2.29. The van der Waals surface area contributed by atoms with Crippen LogP contribution in [0.15, 0.2) is 18.2 Å². The van der Waals surface area contributed by atoms with Crippen molar-refractivity contribution in [2.24, 2.45) is 0 Å². The van der Waals surface area contributed by atoms with Gasteiger partial charge in [-0.25, -0.2) is 0 Å². The zero-order valence-electron chi connectivity index (χ0n) is 11.0. The number of phenols is 1. The number of hydrogen-bond donors (Lipinski definition) is 2. The van der Waals surface area contributed by atoms with E-state index in [1.165, 1.54) is 0 Å². The highest BCUT2D eigenvalue weighted by molar-refractivity contribution is 5.53. The molecule has 1 rings (SSSR count). The van der Waals surface area contributed by atoms with Crippen molar-refractivity contribution >= 4 is 5.69 Å². The van der Waals surface area contributed by atoms with Crippen LogP contribution >= 0.6 is 0 Å². The van der Waals surface area contributed by atoms with Crippen molar-refractivity contribution in [1.29, 1.82) is 0 Å². The SMILES string of the molecule is CCCCN(CC)c1ccc(C(C)O)c(O)c1. The standard InChI is InChI=1S/C14H23NO2/c1-4-6-9-15(5-2)12-7-8-13(11(3)16)14(17)10-12/h7-8,10-11,16-17H,4-6,9H2,1-3H3. The lowest BCUT2D eigenvalue weighted by molar-refractivity contribution is 0.195. The summed E-state index contributed by atoms with van der Waals surface area (Å²) < 4.78 is 0. The summed E-state index contributed by atoms with van der Waals surface area (Å²) in [7, 11) is 0. The average molecular weight is 237 g/mol. The molecular weight excluding hydrogens is 214 g/mol. The zero-order valence-corrected chi connectivity index (χ0v) is 11.0.